The molecule has 0 spiro atoms. The van der Waals surface area contributed by atoms with Crippen LogP contribution in [-0.4, -0.2) is 58.0 Å². The number of hydrogen-bond donors (Lipinski definition) is 3. The van der Waals surface area contributed by atoms with Crippen molar-refractivity contribution in [1.82, 2.24) is 16.0 Å². The van der Waals surface area contributed by atoms with Gasteiger partial charge in [0.2, 0.25) is 0 Å². The molecular formula is C15H21ClN4O3S. The van der Waals surface area contributed by atoms with Crippen molar-refractivity contribution in [2.45, 2.75) is 12.5 Å². The number of nitrogens with one attached hydrogen (secondary N) is 3. The summed E-state index contributed by atoms with van der Waals surface area (Å²) in [6.45, 7) is 0.836. The van der Waals surface area contributed by atoms with Crippen LogP contribution < -0.4 is 16.0 Å². The first-order chi connectivity index (χ1) is 11.4. The zero-order valence-electron chi connectivity index (χ0n) is 13.4. The van der Waals surface area contributed by atoms with Gasteiger partial charge >= 0.3 is 0 Å². The Balaban J connectivity index is 1.73. The highest BCUT2D eigenvalue weighted by molar-refractivity contribution is 7.91. The molecule has 1 unspecified atom stereocenters. The van der Waals surface area contributed by atoms with Crippen LogP contribution in [0.2, 0.25) is 5.02 Å². The van der Waals surface area contributed by atoms with Crippen molar-refractivity contribution in [2.75, 3.05) is 31.6 Å². The number of nitrogens with zero attached hydrogens (tertiary/aromatic N) is 1. The molecule has 1 aliphatic heterocycles. The molecule has 132 valence electrons. The number of halogens is 1. The summed E-state index contributed by atoms with van der Waals surface area (Å²) >= 11 is 5.97. The molecule has 0 aliphatic carbocycles. The molecule has 2 rings (SSSR count). The Morgan fingerprint density at radius 1 is 1.29 bits per heavy atom. The Labute approximate surface area is 146 Å². The summed E-state index contributed by atoms with van der Waals surface area (Å²) in [7, 11) is -1.32. The van der Waals surface area contributed by atoms with Gasteiger partial charge in [0.1, 0.15) is 0 Å². The van der Waals surface area contributed by atoms with Crippen LogP contribution in [-0.2, 0) is 9.84 Å². The topological polar surface area (TPSA) is 99.7 Å². The quantitative estimate of drug-likeness (QED) is 0.395. The second kappa shape index (κ2) is 8.34. The fraction of sp³-hybridized carbons (Fsp3) is 0.467. The standard InChI is InChI=1S/C15H21ClN4O3S/c1-17-15(20-11-6-9-24(22,23)10-11)19-8-7-18-14(21)12-4-2-3-5-13(12)16/h2-5,11H,6-10H2,1H3,(H,18,21)(H2,17,19,20). The van der Waals surface area contributed by atoms with Gasteiger partial charge in [0, 0.05) is 26.2 Å². The molecule has 1 heterocycles. The molecule has 7 nitrogen and oxygen atoms in total. The first kappa shape index (κ1) is 18.5. The Bertz CT molecular complexity index is 721. The first-order valence-electron chi connectivity index (χ1n) is 7.61. The maximum absolute atomic E-state index is 12.0. The van der Waals surface area contributed by atoms with E-state index in [0.29, 0.717) is 36.1 Å². The maximum atomic E-state index is 12.0. The molecule has 1 aromatic carbocycles. The molecule has 1 aromatic rings. The SMILES string of the molecule is CN=C(NCCNC(=O)c1ccccc1Cl)NC1CCS(=O)(=O)C1. The van der Waals surface area contributed by atoms with Crippen LogP contribution in [0, 0.1) is 0 Å². The van der Waals surface area contributed by atoms with Crippen molar-refractivity contribution < 1.29 is 13.2 Å². The summed E-state index contributed by atoms with van der Waals surface area (Å²) in [5.74, 6) is 0.600. The number of aliphatic imine (C=N–C) groups is 1. The van der Waals surface area contributed by atoms with Gasteiger partial charge in [0.15, 0.2) is 15.8 Å². The van der Waals surface area contributed by atoms with E-state index in [1.54, 1.807) is 31.3 Å². The van der Waals surface area contributed by atoms with Gasteiger partial charge < -0.3 is 16.0 Å². The predicted molar refractivity (Wildman–Crippen MR) is 95.3 cm³/mol. The van der Waals surface area contributed by atoms with E-state index in [0.717, 1.165) is 0 Å². The minimum Gasteiger partial charge on any atom is -0.355 e. The molecule has 3 N–H and O–H groups in total. The molecule has 1 atom stereocenters. The van der Waals surface area contributed by atoms with Crippen LogP contribution in [0.5, 0.6) is 0 Å². The number of hydrogen-bond acceptors (Lipinski definition) is 4. The number of rotatable bonds is 5. The van der Waals surface area contributed by atoms with E-state index in [-0.39, 0.29) is 23.5 Å². The number of benzene rings is 1. The summed E-state index contributed by atoms with van der Waals surface area (Å²) in [6, 6.07) is 6.71. The summed E-state index contributed by atoms with van der Waals surface area (Å²) in [5.41, 5.74) is 0.429. The molecule has 1 saturated heterocycles. The van der Waals surface area contributed by atoms with Crippen molar-refractivity contribution in [1.29, 1.82) is 0 Å². The zero-order chi connectivity index (χ0) is 17.6. The highest BCUT2D eigenvalue weighted by atomic mass is 35.5. The summed E-state index contributed by atoms with van der Waals surface area (Å²) in [5, 5.41) is 9.28. The first-order valence-corrected chi connectivity index (χ1v) is 9.81. The van der Waals surface area contributed by atoms with Crippen molar-refractivity contribution in [3.63, 3.8) is 0 Å². The van der Waals surface area contributed by atoms with Crippen molar-refractivity contribution in [3.8, 4) is 0 Å². The fourth-order valence-electron chi connectivity index (χ4n) is 2.39. The van der Waals surface area contributed by atoms with Gasteiger partial charge in [0.05, 0.1) is 22.1 Å². The Kier molecular flexibility index (Phi) is 6.44. The van der Waals surface area contributed by atoms with Crippen molar-refractivity contribution in [2.24, 2.45) is 4.99 Å². The smallest absolute Gasteiger partial charge is 0.252 e. The molecule has 0 saturated carbocycles. The van der Waals surface area contributed by atoms with E-state index < -0.39 is 9.84 Å². The van der Waals surface area contributed by atoms with Gasteiger partial charge in [-0.05, 0) is 18.6 Å². The lowest BCUT2D eigenvalue weighted by Crippen LogP contribution is -2.46. The van der Waals surface area contributed by atoms with Gasteiger partial charge in [-0.2, -0.15) is 0 Å². The molecule has 1 aliphatic rings. The lowest BCUT2D eigenvalue weighted by molar-refractivity contribution is 0.0954. The highest BCUT2D eigenvalue weighted by Crippen LogP contribution is 2.14. The van der Waals surface area contributed by atoms with Crippen LogP contribution in [0.1, 0.15) is 16.8 Å². The molecule has 9 heteroatoms. The Hall–Kier alpha value is -1.80. The van der Waals surface area contributed by atoms with E-state index >= 15 is 0 Å². The van der Waals surface area contributed by atoms with E-state index in [2.05, 4.69) is 20.9 Å². The molecule has 0 radical (unpaired) electrons. The Morgan fingerprint density at radius 2 is 2.00 bits per heavy atom. The molecule has 0 aromatic heterocycles. The third-order valence-corrected chi connectivity index (χ3v) is 5.72. The van der Waals surface area contributed by atoms with Gasteiger partial charge in [-0.25, -0.2) is 8.42 Å². The van der Waals surface area contributed by atoms with E-state index in [1.165, 1.54) is 0 Å². The minimum absolute atomic E-state index is 0.122. The largest absolute Gasteiger partial charge is 0.355 e. The van der Waals surface area contributed by atoms with Crippen LogP contribution in [0.4, 0.5) is 0 Å². The van der Waals surface area contributed by atoms with Crippen molar-refractivity contribution in [3.05, 3.63) is 34.9 Å². The second-order valence-corrected chi connectivity index (χ2v) is 8.11. The van der Waals surface area contributed by atoms with Crippen molar-refractivity contribution >= 4 is 33.3 Å². The van der Waals surface area contributed by atoms with Crippen LogP contribution in [0.15, 0.2) is 29.3 Å². The normalized spacial score (nSPS) is 19.8. The highest BCUT2D eigenvalue weighted by Gasteiger charge is 2.28. The maximum Gasteiger partial charge on any atom is 0.252 e. The number of amides is 1. The molecule has 1 fully saturated rings. The molecule has 24 heavy (non-hydrogen) atoms. The summed E-state index contributed by atoms with van der Waals surface area (Å²) in [4.78, 5) is 16.0. The average Bonchev–Trinajstić information content (AvgIpc) is 2.89. The molecule has 0 bridgehead atoms. The van der Waals surface area contributed by atoms with E-state index in [1.807, 2.05) is 0 Å². The third kappa shape index (κ3) is 5.38. The average molecular weight is 373 g/mol. The lowest BCUT2D eigenvalue weighted by Gasteiger charge is -2.16. The minimum atomic E-state index is -2.94. The Morgan fingerprint density at radius 3 is 2.62 bits per heavy atom. The lowest BCUT2D eigenvalue weighted by atomic mass is 10.2. The van der Waals surface area contributed by atoms with Gasteiger partial charge in [-0.15, -0.1) is 0 Å². The van der Waals surface area contributed by atoms with Gasteiger partial charge in [-0.1, -0.05) is 23.7 Å². The number of sulfone groups is 1. The van der Waals surface area contributed by atoms with E-state index in [4.69, 9.17) is 11.6 Å². The van der Waals surface area contributed by atoms with Gasteiger partial charge in [0.25, 0.3) is 5.91 Å². The zero-order valence-corrected chi connectivity index (χ0v) is 15.0. The molecular weight excluding hydrogens is 352 g/mol. The summed E-state index contributed by atoms with van der Waals surface area (Å²) < 4.78 is 22.9. The number of carbonyl (C=O) groups is 1. The van der Waals surface area contributed by atoms with E-state index in [9.17, 15) is 13.2 Å². The summed E-state index contributed by atoms with van der Waals surface area (Å²) in [6.07, 6.45) is 0.576. The fourth-order valence-corrected chi connectivity index (χ4v) is 4.29. The number of guanidine groups is 1. The number of carbonyl (C=O) groups excluding carboxylic acids is 1. The van der Waals surface area contributed by atoms with Crippen LogP contribution >= 0.6 is 11.6 Å². The second-order valence-electron chi connectivity index (χ2n) is 5.48. The van der Waals surface area contributed by atoms with Gasteiger partial charge in [-0.3, -0.25) is 9.79 Å². The van der Waals surface area contributed by atoms with Crippen LogP contribution in [0.3, 0.4) is 0 Å². The molecule has 1 amide bonds. The monoisotopic (exact) mass is 372 g/mol. The van der Waals surface area contributed by atoms with Crippen LogP contribution in [0.25, 0.3) is 0 Å². The predicted octanol–water partition coefficient (Wildman–Crippen LogP) is 0.422. The third-order valence-electron chi connectivity index (χ3n) is 3.62.